The van der Waals surface area contributed by atoms with Crippen molar-refractivity contribution in [2.45, 2.75) is 6.43 Å². The maximum Gasteiger partial charge on any atom is 0.284 e. The van der Waals surface area contributed by atoms with Gasteiger partial charge in [0.2, 0.25) is 0 Å². The fourth-order valence-electron chi connectivity index (χ4n) is 0.697. The standard InChI is InChI=1S/C6H5BrF2N2O/c7-3-1-2(10)5(12)4(11-3)6(8)9/h1,6,12H,(H2,10,11). The van der Waals surface area contributed by atoms with Crippen molar-refractivity contribution < 1.29 is 13.9 Å². The second-order valence-corrected chi connectivity index (χ2v) is 2.88. The summed E-state index contributed by atoms with van der Waals surface area (Å²) in [6.45, 7) is 0. The molecule has 0 spiro atoms. The number of nitrogens with two attached hydrogens (primary N) is 1. The maximum absolute atomic E-state index is 12.1. The van der Waals surface area contributed by atoms with Gasteiger partial charge in [0.1, 0.15) is 4.60 Å². The summed E-state index contributed by atoms with van der Waals surface area (Å²) >= 11 is 2.88. The Bertz CT molecular complexity index is 306. The van der Waals surface area contributed by atoms with Crippen molar-refractivity contribution >= 4 is 21.6 Å². The number of hydrogen-bond donors (Lipinski definition) is 2. The minimum atomic E-state index is -2.83. The normalized spacial score (nSPS) is 10.7. The zero-order chi connectivity index (χ0) is 9.30. The van der Waals surface area contributed by atoms with Crippen molar-refractivity contribution in [2.24, 2.45) is 0 Å². The van der Waals surface area contributed by atoms with Crippen molar-refractivity contribution in [1.29, 1.82) is 0 Å². The number of alkyl halides is 2. The van der Waals surface area contributed by atoms with E-state index in [9.17, 15) is 8.78 Å². The topological polar surface area (TPSA) is 59.1 Å². The van der Waals surface area contributed by atoms with Gasteiger partial charge in [0.25, 0.3) is 6.43 Å². The van der Waals surface area contributed by atoms with Gasteiger partial charge < -0.3 is 10.8 Å². The summed E-state index contributed by atoms with van der Waals surface area (Å²) in [5.74, 6) is -0.659. The van der Waals surface area contributed by atoms with Crippen molar-refractivity contribution in [3.8, 4) is 5.75 Å². The van der Waals surface area contributed by atoms with Crippen LogP contribution in [0.4, 0.5) is 14.5 Å². The molecule has 0 atom stereocenters. The predicted molar refractivity (Wildman–Crippen MR) is 43.0 cm³/mol. The van der Waals surface area contributed by atoms with Crippen LogP contribution in [-0.4, -0.2) is 10.1 Å². The lowest BCUT2D eigenvalue weighted by molar-refractivity contribution is 0.142. The molecule has 0 aliphatic carbocycles. The van der Waals surface area contributed by atoms with E-state index in [1.807, 2.05) is 0 Å². The summed E-state index contributed by atoms with van der Waals surface area (Å²) in [4.78, 5) is 3.37. The lowest BCUT2D eigenvalue weighted by Gasteiger charge is -2.05. The van der Waals surface area contributed by atoms with Crippen molar-refractivity contribution in [3.05, 3.63) is 16.4 Å². The van der Waals surface area contributed by atoms with Gasteiger partial charge >= 0.3 is 0 Å². The summed E-state index contributed by atoms with van der Waals surface area (Å²) in [6.07, 6.45) is -2.83. The molecule has 3 N–H and O–H groups in total. The molecular formula is C6H5BrF2N2O. The van der Waals surface area contributed by atoms with Gasteiger partial charge in [-0.05, 0) is 22.0 Å². The van der Waals surface area contributed by atoms with Crippen molar-refractivity contribution in [1.82, 2.24) is 4.98 Å². The lowest BCUT2D eigenvalue weighted by Crippen LogP contribution is -1.96. The predicted octanol–water partition coefficient (Wildman–Crippen LogP) is 2.07. The van der Waals surface area contributed by atoms with Gasteiger partial charge in [0.05, 0.1) is 5.69 Å². The number of hydrogen-bond acceptors (Lipinski definition) is 3. The average molecular weight is 239 g/mol. The number of anilines is 1. The Morgan fingerprint density at radius 3 is 2.67 bits per heavy atom. The zero-order valence-corrected chi connectivity index (χ0v) is 7.35. The third-order valence-corrected chi connectivity index (χ3v) is 1.63. The molecule has 0 saturated carbocycles. The van der Waals surface area contributed by atoms with E-state index in [4.69, 9.17) is 10.8 Å². The highest BCUT2D eigenvalue weighted by Crippen LogP contribution is 2.32. The van der Waals surface area contributed by atoms with E-state index in [2.05, 4.69) is 20.9 Å². The molecule has 0 amide bonds. The van der Waals surface area contributed by atoms with Crippen LogP contribution in [0.5, 0.6) is 5.75 Å². The smallest absolute Gasteiger partial charge is 0.284 e. The minimum absolute atomic E-state index is 0.118. The number of aromatic nitrogens is 1. The van der Waals surface area contributed by atoms with Crippen LogP contribution in [0.25, 0.3) is 0 Å². The first-order valence-corrected chi connectivity index (χ1v) is 3.74. The van der Waals surface area contributed by atoms with E-state index in [1.165, 1.54) is 6.07 Å². The fourth-order valence-corrected chi connectivity index (χ4v) is 1.13. The Morgan fingerprint density at radius 2 is 2.17 bits per heavy atom. The monoisotopic (exact) mass is 238 g/mol. The van der Waals surface area contributed by atoms with Crippen LogP contribution in [0.3, 0.4) is 0 Å². The highest BCUT2D eigenvalue weighted by atomic mass is 79.9. The van der Waals surface area contributed by atoms with Gasteiger partial charge in [-0.3, -0.25) is 0 Å². The SMILES string of the molecule is Nc1cc(Br)nc(C(F)F)c1O. The number of halogens is 3. The summed E-state index contributed by atoms with van der Waals surface area (Å²) in [7, 11) is 0. The van der Waals surface area contributed by atoms with Gasteiger partial charge in [0, 0.05) is 0 Å². The maximum atomic E-state index is 12.1. The second kappa shape index (κ2) is 3.22. The van der Waals surface area contributed by atoms with E-state index >= 15 is 0 Å². The van der Waals surface area contributed by atoms with E-state index < -0.39 is 17.9 Å². The number of nitrogen functional groups attached to an aromatic ring is 1. The first-order valence-electron chi connectivity index (χ1n) is 2.95. The third-order valence-electron chi connectivity index (χ3n) is 1.22. The summed E-state index contributed by atoms with van der Waals surface area (Å²) in [6, 6.07) is 1.25. The molecule has 0 fully saturated rings. The summed E-state index contributed by atoms with van der Waals surface area (Å²) in [5, 5.41) is 9.00. The number of aromatic hydroxyl groups is 1. The molecular weight excluding hydrogens is 234 g/mol. The summed E-state index contributed by atoms with van der Waals surface area (Å²) < 4.78 is 24.4. The molecule has 6 heteroatoms. The van der Waals surface area contributed by atoms with E-state index in [0.717, 1.165) is 0 Å². The Labute approximate surface area is 75.3 Å². The number of pyridine rings is 1. The Morgan fingerprint density at radius 1 is 1.58 bits per heavy atom. The molecule has 0 unspecified atom stereocenters. The molecule has 0 aliphatic heterocycles. The fraction of sp³-hybridized carbons (Fsp3) is 0.167. The Balaban J connectivity index is 3.28. The van der Waals surface area contributed by atoms with Crippen LogP contribution >= 0.6 is 15.9 Å². The molecule has 0 bridgehead atoms. The molecule has 1 aromatic heterocycles. The molecule has 0 aliphatic rings. The van der Waals surface area contributed by atoms with Crippen LogP contribution in [0, 0.1) is 0 Å². The van der Waals surface area contributed by atoms with Crippen LogP contribution in [0.2, 0.25) is 0 Å². The molecule has 12 heavy (non-hydrogen) atoms. The average Bonchev–Trinajstić information content (AvgIpc) is 1.96. The van der Waals surface area contributed by atoms with Crippen LogP contribution in [0.1, 0.15) is 12.1 Å². The number of nitrogens with zero attached hydrogens (tertiary/aromatic N) is 1. The second-order valence-electron chi connectivity index (χ2n) is 2.07. The first kappa shape index (κ1) is 9.18. The van der Waals surface area contributed by atoms with Gasteiger partial charge in [-0.1, -0.05) is 0 Å². The van der Waals surface area contributed by atoms with Gasteiger partial charge in [-0.15, -0.1) is 0 Å². The molecule has 0 radical (unpaired) electrons. The third kappa shape index (κ3) is 1.63. The van der Waals surface area contributed by atoms with Crippen molar-refractivity contribution in [3.63, 3.8) is 0 Å². The van der Waals surface area contributed by atoms with E-state index in [-0.39, 0.29) is 10.3 Å². The minimum Gasteiger partial charge on any atom is -0.504 e. The van der Waals surface area contributed by atoms with Crippen LogP contribution < -0.4 is 5.73 Å². The van der Waals surface area contributed by atoms with Gasteiger partial charge in [0.15, 0.2) is 11.4 Å². The highest BCUT2D eigenvalue weighted by Gasteiger charge is 2.17. The van der Waals surface area contributed by atoms with Crippen molar-refractivity contribution in [2.75, 3.05) is 5.73 Å². The van der Waals surface area contributed by atoms with Crippen LogP contribution in [0.15, 0.2) is 10.7 Å². The highest BCUT2D eigenvalue weighted by molar-refractivity contribution is 9.10. The largest absolute Gasteiger partial charge is 0.504 e. The molecule has 1 aromatic rings. The van der Waals surface area contributed by atoms with Gasteiger partial charge in [-0.25, -0.2) is 13.8 Å². The molecule has 0 aromatic carbocycles. The quantitative estimate of drug-likeness (QED) is 0.737. The Hall–Kier alpha value is -0.910. The van der Waals surface area contributed by atoms with E-state index in [1.54, 1.807) is 0 Å². The first-order chi connectivity index (χ1) is 5.52. The molecule has 1 rings (SSSR count). The molecule has 0 saturated heterocycles. The van der Waals surface area contributed by atoms with E-state index in [0.29, 0.717) is 0 Å². The lowest BCUT2D eigenvalue weighted by atomic mass is 10.3. The molecule has 3 nitrogen and oxygen atoms in total. The van der Waals surface area contributed by atoms with Gasteiger partial charge in [-0.2, -0.15) is 0 Å². The Kier molecular flexibility index (Phi) is 2.46. The van der Waals surface area contributed by atoms with Crippen LogP contribution in [-0.2, 0) is 0 Å². The number of rotatable bonds is 1. The molecule has 1 heterocycles. The summed E-state index contributed by atoms with van der Waals surface area (Å²) in [5.41, 5.74) is 4.38. The zero-order valence-electron chi connectivity index (χ0n) is 5.76. The molecule has 66 valence electrons.